The van der Waals surface area contributed by atoms with Gasteiger partial charge < -0.3 is 5.32 Å². The quantitative estimate of drug-likeness (QED) is 0.370. The van der Waals surface area contributed by atoms with Crippen molar-refractivity contribution < 1.29 is 4.79 Å². The third-order valence-electron chi connectivity index (χ3n) is 5.06. The Balaban J connectivity index is 1.49. The van der Waals surface area contributed by atoms with Crippen LogP contribution >= 0.6 is 11.3 Å². The zero-order chi connectivity index (χ0) is 19.3. The van der Waals surface area contributed by atoms with Crippen molar-refractivity contribution >= 4 is 48.7 Å². The molecule has 5 heteroatoms. The number of hydrogen-bond donors (Lipinski definition) is 1. The number of carbonyl (C=O) groups excluding carboxylic acids is 1. The van der Waals surface area contributed by atoms with E-state index in [-0.39, 0.29) is 5.91 Å². The van der Waals surface area contributed by atoms with Crippen LogP contribution in [0.3, 0.4) is 0 Å². The third kappa shape index (κ3) is 3.99. The predicted octanol–water partition coefficient (Wildman–Crippen LogP) is 6.09. The summed E-state index contributed by atoms with van der Waals surface area (Å²) >= 11 is 1.62. The van der Waals surface area contributed by atoms with Crippen molar-refractivity contribution in [3.05, 3.63) is 48.0 Å². The van der Waals surface area contributed by atoms with Gasteiger partial charge in [0.15, 0.2) is 0 Å². The van der Waals surface area contributed by atoms with Crippen LogP contribution in [0.4, 0.5) is 0 Å². The van der Waals surface area contributed by atoms with Gasteiger partial charge in [0.2, 0.25) is 0 Å². The number of para-hydroxylation sites is 2. The topological polar surface area (TPSA) is 54.9 Å². The maximum Gasteiger partial charge on any atom is 0.251 e. The van der Waals surface area contributed by atoms with E-state index in [0.717, 1.165) is 44.4 Å². The van der Waals surface area contributed by atoms with Gasteiger partial charge in [-0.15, -0.1) is 11.3 Å². The van der Waals surface area contributed by atoms with Gasteiger partial charge in [0.05, 0.1) is 11.0 Å². The summed E-state index contributed by atoms with van der Waals surface area (Å²) in [5, 5.41) is 4.06. The number of benzene rings is 2. The van der Waals surface area contributed by atoms with Gasteiger partial charge in [-0.2, -0.15) is 0 Å². The first-order chi connectivity index (χ1) is 13.8. The van der Waals surface area contributed by atoms with Crippen LogP contribution < -0.4 is 5.32 Å². The van der Waals surface area contributed by atoms with E-state index in [1.807, 2.05) is 42.5 Å². The van der Waals surface area contributed by atoms with E-state index in [2.05, 4.69) is 12.2 Å². The Morgan fingerprint density at radius 3 is 2.54 bits per heavy atom. The summed E-state index contributed by atoms with van der Waals surface area (Å²) in [4.78, 5) is 23.0. The number of nitrogens with one attached hydrogen (secondary N) is 1. The summed E-state index contributed by atoms with van der Waals surface area (Å²) in [5.41, 5.74) is 3.35. The molecule has 0 aliphatic carbocycles. The molecule has 0 saturated carbocycles. The zero-order valence-electron chi connectivity index (χ0n) is 16.2. The molecule has 0 atom stereocenters. The lowest BCUT2D eigenvalue weighted by Gasteiger charge is -2.05. The number of thiophene rings is 1. The fraction of sp³-hybridized carbons (Fsp3) is 0.348. The van der Waals surface area contributed by atoms with E-state index in [0.29, 0.717) is 5.56 Å². The molecule has 0 spiro atoms. The minimum absolute atomic E-state index is 0.0106. The number of unbranched alkanes of at least 4 members (excludes halogenated alkanes) is 5. The van der Waals surface area contributed by atoms with E-state index in [9.17, 15) is 4.79 Å². The fourth-order valence-electron chi connectivity index (χ4n) is 3.49. The molecular formula is C23H25N3OS. The molecule has 1 N–H and O–H groups in total. The summed E-state index contributed by atoms with van der Waals surface area (Å²) in [7, 11) is 0. The molecular weight excluding hydrogens is 366 g/mol. The van der Waals surface area contributed by atoms with Crippen LogP contribution in [0.5, 0.6) is 0 Å². The minimum Gasteiger partial charge on any atom is -0.352 e. The Labute approximate surface area is 169 Å². The number of nitrogens with zero attached hydrogens (tertiary/aromatic N) is 2. The van der Waals surface area contributed by atoms with E-state index in [1.165, 1.54) is 32.1 Å². The lowest BCUT2D eigenvalue weighted by Crippen LogP contribution is -2.24. The average Bonchev–Trinajstić information content (AvgIpc) is 3.08. The molecule has 2 aromatic heterocycles. The average molecular weight is 392 g/mol. The van der Waals surface area contributed by atoms with E-state index in [1.54, 1.807) is 11.3 Å². The van der Waals surface area contributed by atoms with Crippen molar-refractivity contribution in [2.75, 3.05) is 6.54 Å². The highest BCUT2D eigenvalue weighted by atomic mass is 32.1. The van der Waals surface area contributed by atoms with Gasteiger partial charge in [-0.25, -0.2) is 9.97 Å². The lowest BCUT2D eigenvalue weighted by atomic mass is 10.1. The molecule has 2 heterocycles. The third-order valence-corrected chi connectivity index (χ3v) is 6.11. The Bertz CT molecular complexity index is 1120. The Hall–Kier alpha value is -2.53. The van der Waals surface area contributed by atoms with Crippen molar-refractivity contribution in [2.45, 2.75) is 45.4 Å². The summed E-state index contributed by atoms with van der Waals surface area (Å²) in [6.45, 7) is 2.96. The summed E-state index contributed by atoms with van der Waals surface area (Å²) in [5.74, 6) is -0.0106. The first kappa shape index (κ1) is 18.8. The maximum absolute atomic E-state index is 12.6. The van der Waals surface area contributed by atoms with Crippen LogP contribution in [0.1, 0.15) is 55.8 Å². The highest BCUT2D eigenvalue weighted by Gasteiger charge is 2.12. The summed E-state index contributed by atoms with van der Waals surface area (Å²) in [6, 6.07) is 13.8. The highest BCUT2D eigenvalue weighted by Crippen LogP contribution is 2.33. The number of amides is 1. The normalized spacial score (nSPS) is 11.5. The van der Waals surface area contributed by atoms with Gasteiger partial charge in [-0.05, 0) is 36.8 Å². The standard InChI is InChI=1S/C23H25N3OS/c1-2-3-4-5-6-9-14-24-22(27)16-12-13-20-17(15-16)21-23(28-20)26-19-11-8-7-10-18(19)25-21/h7-8,10-13,15H,2-6,9,14H2,1H3,(H,24,27). The predicted molar refractivity (Wildman–Crippen MR) is 118 cm³/mol. The van der Waals surface area contributed by atoms with Crippen LogP contribution in [-0.2, 0) is 0 Å². The van der Waals surface area contributed by atoms with Crippen LogP contribution in [-0.4, -0.2) is 22.4 Å². The number of carbonyl (C=O) groups is 1. The molecule has 0 fully saturated rings. The second-order valence-electron chi connectivity index (χ2n) is 7.20. The van der Waals surface area contributed by atoms with Crippen molar-refractivity contribution in [1.82, 2.24) is 15.3 Å². The molecule has 4 aromatic rings. The van der Waals surface area contributed by atoms with Crippen molar-refractivity contribution in [2.24, 2.45) is 0 Å². The lowest BCUT2D eigenvalue weighted by molar-refractivity contribution is 0.0953. The highest BCUT2D eigenvalue weighted by molar-refractivity contribution is 7.25. The minimum atomic E-state index is -0.0106. The molecule has 28 heavy (non-hydrogen) atoms. The SMILES string of the molecule is CCCCCCCCNC(=O)c1ccc2sc3nc4ccccc4nc3c2c1. The zero-order valence-corrected chi connectivity index (χ0v) is 17.0. The summed E-state index contributed by atoms with van der Waals surface area (Å²) in [6.07, 6.45) is 7.33. The maximum atomic E-state index is 12.6. The van der Waals surface area contributed by atoms with E-state index in [4.69, 9.17) is 9.97 Å². The molecule has 0 saturated heterocycles. The van der Waals surface area contributed by atoms with Gasteiger partial charge in [0, 0.05) is 22.2 Å². The van der Waals surface area contributed by atoms with E-state index >= 15 is 0 Å². The Morgan fingerprint density at radius 1 is 0.964 bits per heavy atom. The fourth-order valence-corrected chi connectivity index (χ4v) is 4.50. The number of hydrogen-bond acceptors (Lipinski definition) is 4. The molecule has 0 aliphatic heterocycles. The molecule has 0 aliphatic rings. The molecule has 0 radical (unpaired) electrons. The molecule has 1 amide bonds. The van der Waals surface area contributed by atoms with Crippen LogP contribution in [0, 0.1) is 0 Å². The van der Waals surface area contributed by atoms with Gasteiger partial charge >= 0.3 is 0 Å². The number of rotatable bonds is 8. The molecule has 4 rings (SSSR count). The molecule has 4 nitrogen and oxygen atoms in total. The Kier molecular flexibility index (Phi) is 5.81. The van der Waals surface area contributed by atoms with Gasteiger partial charge in [0.1, 0.15) is 10.3 Å². The van der Waals surface area contributed by atoms with E-state index < -0.39 is 0 Å². The van der Waals surface area contributed by atoms with Gasteiger partial charge in [0.25, 0.3) is 5.91 Å². The number of aromatic nitrogens is 2. The second kappa shape index (κ2) is 8.65. The summed E-state index contributed by atoms with van der Waals surface area (Å²) < 4.78 is 1.11. The van der Waals surface area contributed by atoms with Crippen LogP contribution in [0.15, 0.2) is 42.5 Å². The van der Waals surface area contributed by atoms with Crippen molar-refractivity contribution in [3.63, 3.8) is 0 Å². The van der Waals surface area contributed by atoms with Crippen LogP contribution in [0.2, 0.25) is 0 Å². The second-order valence-corrected chi connectivity index (χ2v) is 8.23. The van der Waals surface area contributed by atoms with Crippen LogP contribution in [0.25, 0.3) is 31.5 Å². The molecule has 0 unspecified atom stereocenters. The van der Waals surface area contributed by atoms with Crippen molar-refractivity contribution in [1.29, 1.82) is 0 Å². The molecule has 144 valence electrons. The van der Waals surface area contributed by atoms with Gasteiger partial charge in [-0.1, -0.05) is 51.2 Å². The largest absolute Gasteiger partial charge is 0.352 e. The number of fused-ring (bicyclic) bond motifs is 4. The first-order valence-corrected chi connectivity index (χ1v) is 10.9. The monoisotopic (exact) mass is 391 g/mol. The first-order valence-electron chi connectivity index (χ1n) is 10.1. The smallest absolute Gasteiger partial charge is 0.251 e. The molecule has 2 aromatic carbocycles. The molecule has 0 bridgehead atoms. The van der Waals surface area contributed by atoms with Crippen molar-refractivity contribution in [3.8, 4) is 0 Å². The van der Waals surface area contributed by atoms with Gasteiger partial charge in [-0.3, -0.25) is 4.79 Å². The Morgan fingerprint density at radius 2 is 1.71 bits per heavy atom.